The van der Waals surface area contributed by atoms with Crippen LogP contribution in [-0.2, 0) is 22.2 Å². The van der Waals surface area contributed by atoms with Gasteiger partial charge in [-0.3, -0.25) is 0 Å². The van der Waals surface area contributed by atoms with Crippen LogP contribution in [0.3, 0.4) is 0 Å². The van der Waals surface area contributed by atoms with Crippen LogP contribution in [0, 0.1) is 0 Å². The summed E-state index contributed by atoms with van der Waals surface area (Å²) in [5.74, 6) is -0.247. The zero-order valence-electron chi connectivity index (χ0n) is 13.0. The van der Waals surface area contributed by atoms with Crippen LogP contribution in [0.1, 0.15) is 36.6 Å². The summed E-state index contributed by atoms with van der Waals surface area (Å²) in [6.45, 7) is 3.89. The fourth-order valence-electron chi connectivity index (χ4n) is 2.28. The van der Waals surface area contributed by atoms with Gasteiger partial charge in [0.15, 0.2) is 0 Å². The third-order valence-electron chi connectivity index (χ3n) is 3.64. The molecule has 0 spiro atoms. The number of aryl methyl sites for hydroxylation is 1. The minimum Gasteiger partial charge on any atom is -0.212 e. The first-order valence-corrected chi connectivity index (χ1v) is 9.75. The first kappa shape index (κ1) is 18.3. The summed E-state index contributed by atoms with van der Waals surface area (Å²) in [4.78, 5) is 0. The van der Waals surface area contributed by atoms with Gasteiger partial charge in [0.25, 0.3) is 0 Å². The lowest BCUT2D eigenvalue weighted by molar-refractivity contribution is 0.566. The van der Waals surface area contributed by atoms with E-state index in [9.17, 15) is 8.42 Å². The molecule has 0 aromatic heterocycles. The van der Waals surface area contributed by atoms with E-state index in [0.29, 0.717) is 15.6 Å². The SMILES string of the molecule is CCc1ccc([C@H](C)NS(=O)(=O)Cc2c(Cl)cccc2Cl)cc1. The Morgan fingerprint density at radius 2 is 1.61 bits per heavy atom. The van der Waals surface area contributed by atoms with Crippen LogP contribution in [0.2, 0.25) is 10.0 Å². The van der Waals surface area contributed by atoms with Crippen LogP contribution in [0.15, 0.2) is 42.5 Å². The van der Waals surface area contributed by atoms with Crippen LogP contribution in [0.4, 0.5) is 0 Å². The highest BCUT2D eigenvalue weighted by atomic mass is 35.5. The normalized spacial score (nSPS) is 13.0. The smallest absolute Gasteiger partial charge is 0.212 e. The molecule has 124 valence electrons. The molecule has 0 heterocycles. The molecule has 6 heteroatoms. The van der Waals surface area contributed by atoms with E-state index in [4.69, 9.17) is 23.2 Å². The number of benzene rings is 2. The molecule has 2 rings (SSSR count). The van der Waals surface area contributed by atoms with Gasteiger partial charge < -0.3 is 0 Å². The van der Waals surface area contributed by atoms with Crippen molar-refractivity contribution in [3.05, 3.63) is 69.2 Å². The molecular formula is C17H19Cl2NO2S. The van der Waals surface area contributed by atoms with E-state index in [-0.39, 0.29) is 11.8 Å². The Kier molecular flexibility index (Phi) is 6.09. The highest BCUT2D eigenvalue weighted by Crippen LogP contribution is 2.26. The predicted octanol–water partition coefficient (Wildman–Crippen LogP) is 4.74. The lowest BCUT2D eigenvalue weighted by atomic mass is 10.1. The topological polar surface area (TPSA) is 46.2 Å². The highest BCUT2D eigenvalue weighted by Gasteiger charge is 2.19. The summed E-state index contributed by atoms with van der Waals surface area (Å²) in [6.07, 6.45) is 0.950. The van der Waals surface area contributed by atoms with Crippen LogP contribution >= 0.6 is 23.2 Å². The standard InChI is InChI=1S/C17H19Cl2NO2S/c1-3-13-7-9-14(10-8-13)12(2)20-23(21,22)11-15-16(18)5-4-6-17(15)19/h4-10,12,20H,3,11H2,1-2H3/t12-/m0/s1. The Morgan fingerprint density at radius 1 is 1.04 bits per heavy atom. The van der Waals surface area contributed by atoms with Crippen molar-refractivity contribution in [1.82, 2.24) is 4.72 Å². The number of sulfonamides is 1. The van der Waals surface area contributed by atoms with E-state index in [1.165, 1.54) is 5.56 Å². The van der Waals surface area contributed by atoms with Crippen molar-refractivity contribution in [1.29, 1.82) is 0 Å². The van der Waals surface area contributed by atoms with Gasteiger partial charge in [-0.25, -0.2) is 13.1 Å². The molecule has 2 aromatic rings. The Hall–Kier alpha value is -1.07. The van der Waals surface area contributed by atoms with Gasteiger partial charge in [-0.15, -0.1) is 0 Å². The maximum Gasteiger partial charge on any atom is 0.216 e. The van der Waals surface area contributed by atoms with Crippen molar-refractivity contribution in [3.8, 4) is 0 Å². The Labute approximate surface area is 147 Å². The monoisotopic (exact) mass is 371 g/mol. The van der Waals surface area contributed by atoms with Crippen LogP contribution in [-0.4, -0.2) is 8.42 Å². The minimum absolute atomic E-state index is 0.247. The maximum atomic E-state index is 12.4. The van der Waals surface area contributed by atoms with E-state index >= 15 is 0 Å². The molecule has 1 N–H and O–H groups in total. The molecule has 0 fully saturated rings. The quantitative estimate of drug-likeness (QED) is 0.796. The summed E-state index contributed by atoms with van der Waals surface area (Å²) < 4.78 is 27.4. The lowest BCUT2D eigenvalue weighted by Crippen LogP contribution is -2.28. The van der Waals surface area contributed by atoms with Crippen molar-refractivity contribution in [2.75, 3.05) is 0 Å². The van der Waals surface area contributed by atoms with Gasteiger partial charge in [-0.05, 0) is 36.6 Å². The van der Waals surface area contributed by atoms with Crippen LogP contribution < -0.4 is 4.72 Å². The van der Waals surface area contributed by atoms with Gasteiger partial charge in [0, 0.05) is 21.7 Å². The second-order valence-corrected chi connectivity index (χ2v) is 7.96. The summed E-state index contributed by atoms with van der Waals surface area (Å²) in [6, 6.07) is 12.5. The lowest BCUT2D eigenvalue weighted by Gasteiger charge is -2.16. The largest absolute Gasteiger partial charge is 0.216 e. The van der Waals surface area contributed by atoms with Crippen molar-refractivity contribution in [2.45, 2.75) is 32.1 Å². The van der Waals surface area contributed by atoms with Crippen molar-refractivity contribution >= 4 is 33.2 Å². The summed E-state index contributed by atoms with van der Waals surface area (Å²) >= 11 is 12.1. The molecular weight excluding hydrogens is 353 g/mol. The summed E-state index contributed by atoms with van der Waals surface area (Å²) in [5.41, 5.74) is 2.54. The second kappa shape index (κ2) is 7.67. The first-order valence-electron chi connectivity index (χ1n) is 7.34. The number of hydrogen-bond acceptors (Lipinski definition) is 2. The highest BCUT2D eigenvalue weighted by molar-refractivity contribution is 7.88. The van der Waals surface area contributed by atoms with Gasteiger partial charge in [0.05, 0.1) is 5.75 Å². The molecule has 2 aromatic carbocycles. The van der Waals surface area contributed by atoms with Crippen LogP contribution in [0.25, 0.3) is 0 Å². The number of nitrogens with one attached hydrogen (secondary N) is 1. The maximum absolute atomic E-state index is 12.4. The molecule has 3 nitrogen and oxygen atoms in total. The Balaban J connectivity index is 2.13. The molecule has 23 heavy (non-hydrogen) atoms. The van der Waals surface area contributed by atoms with Gasteiger partial charge in [0.2, 0.25) is 10.0 Å². The van der Waals surface area contributed by atoms with E-state index in [0.717, 1.165) is 12.0 Å². The summed E-state index contributed by atoms with van der Waals surface area (Å²) in [7, 11) is -3.56. The summed E-state index contributed by atoms with van der Waals surface area (Å²) in [5, 5.41) is 0.700. The zero-order valence-corrected chi connectivity index (χ0v) is 15.3. The predicted molar refractivity (Wildman–Crippen MR) is 96.5 cm³/mol. The van der Waals surface area contributed by atoms with E-state index in [1.807, 2.05) is 31.2 Å². The zero-order chi connectivity index (χ0) is 17.0. The fraction of sp³-hybridized carbons (Fsp3) is 0.294. The molecule has 0 saturated heterocycles. The average Bonchev–Trinajstić information content (AvgIpc) is 2.51. The minimum atomic E-state index is -3.56. The van der Waals surface area contributed by atoms with Crippen molar-refractivity contribution in [2.24, 2.45) is 0 Å². The van der Waals surface area contributed by atoms with Crippen LogP contribution in [0.5, 0.6) is 0 Å². The van der Waals surface area contributed by atoms with Gasteiger partial charge in [-0.2, -0.15) is 0 Å². The molecule has 1 atom stereocenters. The molecule has 0 radical (unpaired) electrons. The molecule has 0 bridgehead atoms. The second-order valence-electron chi connectivity index (χ2n) is 5.39. The number of hydrogen-bond donors (Lipinski definition) is 1. The van der Waals surface area contributed by atoms with Crippen molar-refractivity contribution in [3.63, 3.8) is 0 Å². The van der Waals surface area contributed by atoms with E-state index < -0.39 is 10.0 Å². The average molecular weight is 372 g/mol. The van der Waals surface area contributed by atoms with Gasteiger partial charge in [-0.1, -0.05) is 60.5 Å². The Bertz CT molecular complexity index is 753. The third-order valence-corrected chi connectivity index (χ3v) is 5.73. The number of rotatable bonds is 6. The first-order chi connectivity index (χ1) is 10.8. The fourth-order valence-corrected chi connectivity index (χ4v) is 4.42. The Morgan fingerprint density at radius 3 is 2.13 bits per heavy atom. The van der Waals surface area contributed by atoms with E-state index in [1.54, 1.807) is 18.2 Å². The molecule has 0 amide bonds. The van der Waals surface area contributed by atoms with Gasteiger partial charge >= 0.3 is 0 Å². The van der Waals surface area contributed by atoms with Crippen molar-refractivity contribution < 1.29 is 8.42 Å². The molecule has 0 aliphatic rings. The van der Waals surface area contributed by atoms with E-state index in [2.05, 4.69) is 11.6 Å². The molecule has 0 aliphatic heterocycles. The number of halogens is 2. The third kappa shape index (κ3) is 4.95. The van der Waals surface area contributed by atoms with Gasteiger partial charge in [0.1, 0.15) is 0 Å². The molecule has 0 aliphatic carbocycles. The molecule has 0 saturated carbocycles. The molecule has 0 unspecified atom stereocenters.